The zero-order valence-electron chi connectivity index (χ0n) is 18.2. The van der Waals surface area contributed by atoms with E-state index in [4.69, 9.17) is 9.47 Å². The van der Waals surface area contributed by atoms with Crippen molar-refractivity contribution in [1.29, 1.82) is 0 Å². The molecule has 2 aliphatic rings. The molecule has 0 saturated heterocycles. The van der Waals surface area contributed by atoms with Crippen LogP contribution in [-0.4, -0.2) is 30.6 Å². The molecule has 0 fully saturated rings. The van der Waals surface area contributed by atoms with Gasteiger partial charge in [-0.25, -0.2) is 4.39 Å². The number of methoxy groups -OCH3 is 2. The molecule has 162 valence electrons. The highest BCUT2D eigenvalue weighted by atomic mass is 19.1. The quantitative estimate of drug-likeness (QED) is 0.464. The van der Waals surface area contributed by atoms with Crippen molar-refractivity contribution in [2.45, 2.75) is 24.9 Å². The predicted octanol–water partition coefficient (Wildman–Crippen LogP) is 5.57. The first kappa shape index (κ1) is 19.4. The van der Waals surface area contributed by atoms with Crippen LogP contribution < -0.4 is 9.47 Å². The molecule has 3 aromatic carbocycles. The lowest BCUT2D eigenvalue weighted by Crippen LogP contribution is -2.43. The predicted molar refractivity (Wildman–Crippen MR) is 123 cm³/mol. The minimum atomic E-state index is -0.209. The Morgan fingerprint density at radius 2 is 1.72 bits per heavy atom. The number of rotatable bonds is 3. The summed E-state index contributed by atoms with van der Waals surface area (Å²) in [6, 6.07) is 20.0. The van der Waals surface area contributed by atoms with E-state index in [1.807, 2.05) is 12.1 Å². The van der Waals surface area contributed by atoms with Gasteiger partial charge in [0.2, 0.25) is 0 Å². The van der Waals surface area contributed by atoms with Crippen LogP contribution in [0.1, 0.15) is 40.0 Å². The van der Waals surface area contributed by atoms with Crippen molar-refractivity contribution in [2.24, 2.45) is 0 Å². The second-order valence-corrected chi connectivity index (χ2v) is 8.63. The summed E-state index contributed by atoms with van der Waals surface area (Å²) in [5, 5.41) is 1.27. The van der Waals surface area contributed by atoms with Gasteiger partial charge in [0.05, 0.1) is 20.3 Å². The molecule has 4 nitrogen and oxygen atoms in total. The Labute approximate surface area is 186 Å². The maximum absolute atomic E-state index is 13.8. The molecule has 4 aromatic rings. The van der Waals surface area contributed by atoms with Crippen LogP contribution in [0.25, 0.3) is 10.9 Å². The molecule has 0 spiro atoms. The fraction of sp³-hybridized carbons (Fsp3) is 0.259. The number of nitrogens with one attached hydrogen (secondary N) is 1. The van der Waals surface area contributed by atoms with E-state index in [1.54, 1.807) is 26.4 Å². The SMILES string of the molecule is COc1cc2c(cc1OC)C1Cc3c([nH]c4ccccc34)C(c3ccc(F)cc3)N1CC2. The third-order valence-corrected chi connectivity index (χ3v) is 7.08. The lowest BCUT2D eigenvalue weighted by atomic mass is 9.80. The number of aromatic nitrogens is 1. The third-order valence-electron chi connectivity index (χ3n) is 7.08. The summed E-state index contributed by atoms with van der Waals surface area (Å²) < 4.78 is 25.0. The molecule has 2 unspecified atom stereocenters. The molecule has 0 amide bonds. The lowest BCUT2D eigenvalue weighted by Gasteiger charge is -2.46. The van der Waals surface area contributed by atoms with Gasteiger partial charge in [0.1, 0.15) is 5.82 Å². The maximum Gasteiger partial charge on any atom is 0.161 e. The first-order valence-corrected chi connectivity index (χ1v) is 11.0. The van der Waals surface area contributed by atoms with Gasteiger partial charge in [-0.15, -0.1) is 0 Å². The van der Waals surface area contributed by atoms with Crippen LogP contribution in [-0.2, 0) is 12.8 Å². The first-order chi connectivity index (χ1) is 15.7. The third kappa shape index (κ3) is 2.84. The molecule has 0 radical (unpaired) electrons. The van der Waals surface area contributed by atoms with Gasteiger partial charge in [0.25, 0.3) is 0 Å². The number of halogens is 1. The zero-order chi connectivity index (χ0) is 21.8. The summed E-state index contributed by atoms with van der Waals surface area (Å²) in [6.45, 7) is 0.921. The van der Waals surface area contributed by atoms with Crippen molar-refractivity contribution in [3.63, 3.8) is 0 Å². The molecular weight excluding hydrogens is 403 g/mol. The summed E-state index contributed by atoms with van der Waals surface area (Å²) in [6.07, 6.45) is 1.85. The Kier molecular flexibility index (Phi) is 4.47. The number of fused-ring (bicyclic) bond motifs is 6. The van der Waals surface area contributed by atoms with Gasteiger partial charge in [0.15, 0.2) is 11.5 Å². The van der Waals surface area contributed by atoms with Crippen molar-refractivity contribution in [3.05, 3.63) is 94.4 Å². The number of hydrogen-bond acceptors (Lipinski definition) is 3. The Balaban J connectivity index is 1.56. The van der Waals surface area contributed by atoms with E-state index in [0.717, 1.165) is 42.0 Å². The summed E-state index contributed by atoms with van der Waals surface area (Å²) >= 11 is 0. The van der Waals surface area contributed by atoms with Crippen LogP contribution in [0.5, 0.6) is 11.5 Å². The summed E-state index contributed by atoms with van der Waals surface area (Å²) in [7, 11) is 3.37. The first-order valence-electron chi connectivity index (χ1n) is 11.0. The van der Waals surface area contributed by atoms with E-state index in [-0.39, 0.29) is 17.9 Å². The number of ether oxygens (including phenoxy) is 2. The largest absolute Gasteiger partial charge is 0.493 e. The van der Waals surface area contributed by atoms with Crippen LogP contribution in [0.2, 0.25) is 0 Å². The normalized spacial score (nSPS) is 19.8. The second-order valence-electron chi connectivity index (χ2n) is 8.63. The van der Waals surface area contributed by atoms with Gasteiger partial charge in [-0.1, -0.05) is 30.3 Å². The van der Waals surface area contributed by atoms with Crippen LogP contribution in [0, 0.1) is 5.82 Å². The number of H-pyrrole nitrogens is 1. The fourth-order valence-corrected chi connectivity index (χ4v) is 5.62. The van der Waals surface area contributed by atoms with Gasteiger partial charge in [0, 0.05) is 29.2 Å². The zero-order valence-corrected chi connectivity index (χ0v) is 18.2. The summed E-state index contributed by atoms with van der Waals surface area (Å²) in [4.78, 5) is 6.25. The van der Waals surface area contributed by atoms with Crippen molar-refractivity contribution in [2.75, 3.05) is 20.8 Å². The van der Waals surface area contributed by atoms with Crippen molar-refractivity contribution in [1.82, 2.24) is 9.88 Å². The van der Waals surface area contributed by atoms with Crippen LogP contribution >= 0.6 is 0 Å². The topological polar surface area (TPSA) is 37.5 Å². The molecule has 3 heterocycles. The Bertz CT molecular complexity index is 1310. The van der Waals surface area contributed by atoms with Crippen molar-refractivity contribution in [3.8, 4) is 11.5 Å². The van der Waals surface area contributed by atoms with E-state index in [0.29, 0.717) is 0 Å². The minimum absolute atomic E-state index is 0.0398. The van der Waals surface area contributed by atoms with E-state index >= 15 is 0 Å². The molecule has 1 aromatic heterocycles. The Morgan fingerprint density at radius 3 is 2.50 bits per heavy atom. The van der Waals surface area contributed by atoms with Crippen LogP contribution in [0.15, 0.2) is 60.7 Å². The number of benzene rings is 3. The average molecular weight is 429 g/mol. The summed E-state index contributed by atoms with van der Waals surface area (Å²) in [5.74, 6) is 1.33. The molecule has 6 rings (SSSR count). The lowest BCUT2D eigenvalue weighted by molar-refractivity contribution is 0.127. The van der Waals surface area contributed by atoms with Crippen LogP contribution in [0.4, 0.5) is 4.39 Å². The van der Waals surface area contributed by atoms with E-state index in [1.165, 1.54) is 27.8 Å². The molecule has 0 bridgehead atoms. The number of nitrogens with zero attached hydrogens (tertiary/aromatic N) is 1. The second kappa shape index (κ2) is 7.38. The monoisotopic (exact) mass is 428 g/mol. The smallest absolute Gasteiger partial charge is 0.161 e. The molecule has 0 saturated carbocycles. The van der Waals surface area contributed by atoms with Crippen molar-refractivity contribution < 1.29 is 13.9 Å². The number of hydrogen-bond donors (Lipinski definition) is 1. The molecular formula is C27H25FN2O2. The highest BCUT2D eigenvalue weighted by Crippen LogP contribution is 2.49. The van der Waals surface area contributed by atoms with Gasteiger partial charge in [-0.3, -0.25) is 4.90 Å². The van der Waals surface area contributed by atoms with Crippen molar-refractivity contribution >= 4 is 10.9 Å². The van der Waals surface area contributed by atoms with Gasteiger partial charge in [-0.05, 0) is 65.4 Å². The van der Waals surface area contributed by atoms with Gasteiger partial charge < -0.3 is 14.5 Å². The average Bonchev–Trinajstić information content (AvgIpc) is 3.20. The van der Waals surface area contributed by atoms with Gasteiger partial charge >= 0.3 is 0 Å². The van der Waals surface area contributed by atoms with E-state index in [9.17, 15) is 4.39 Å². The molecule has 5 heteroatoms. The molecule has 0 aliphatic carbocycles. The van der Waals surface area contributed by atoms with Crippen LogP contribution in [0.3, 0.4) is 0 Å². The molecule has 32 heavy (non-hydrogen) atoms. The van der Waals surface area contributed by atoms with E-state index in [2.05, 4.69) is 46.3 Å². The Morgan fingerprint density at radius 1 is 0.969 bits per heavy atom. The number of para-hydroxylation sites is 1. The highest BCUT2D eigenvalue weighted by molar-refractivity contribution is 5.85. The van der Waals surface area contributed by atoms with Gasteiger partial charge in [-0.2, -0.15) is 0 Å². The maximum atomic E-state index is 13.8. The standard InChI is InChI=1S/C27H25FN2O2/c1-31-24-13-17-11-12-30-23(20(17)15-25(24)32-2)14-21-19-5-3-4-6-22(19)29-26(21)27(30)16-7-9-18(28)10-8-16/h3-10,13,15,23,27,29H,11-12,14H2,1-2H3. The minimum Gasteiger partial charge on any atom is -0.493 e. The highest BCUT2D eigenvalue weighted by Gasteiger charge is 2.41. The summed E-state index contributed by atoms with van der Waals surface area (Å²) in [5.41, 5.74) is 7.42. The fourth-order valence-electron chi connectivity index (χ4n) is 5.62. The Hall–Kier alpha value is -3.31. The molecule has 1 N–H and O–H groups in total. The molecule has 2 atom stereocenters. The molecule has 2 aliphatic heterocycles. The number of aromatic amines is 1. The van der Waals surface area contributed by atoms with E-state index < -0.39 is 0 Å².